The zero-order valence-electron chi connectivity index (χ0n) is 14.5. The number of carbonyl (C=O) groups excluding carboxylic acids is 2. The van der Waals surface area contributed by atoms with E-state index in [1.54, 1.807) is 12.1 Å². The summed E-state index contributed by atoms with van der Waals surface area (Å²) in [4.78, 5) is 26.9. The number of hydrogen-bond donors (Lipinski definition) is 3. The predicted molar refractivity (Wildman–Crippen MR) is 104 cm³/mol. The molecule has 0 aliphatic rings. The molecule has 0 spiro atoms. The second-order valence-corrected chi connectivity index (χ2v) is 6.05. The fourth-order valence-corrected chi connectivity index (χ4v) is 2.73. The molecule has 132 valence electrons. The summed E-state index contributed by atoms with van der Waals surface area (Å²) in [5.74, 6) is 0.203. The van der Waals surface area contributed by atoms with Crippen LogP contribution in [0, 0.1) is 0 Å². The number of aromatic nitrogens is 1. The highest BCUT2D eigenvalue weighted by Crippen LogP contribution is 2.22. The second-order valence-electron chi connectivity index (χ2n) is 6.05. The molecule has 26 heavy (non-hydrogen) atoms. The number of rotatable bonds is 6. The van der Waals surface area contributed by atoms with Crippen molar-refractivity contribution in [2.75, 3.05) is 16.4 Å². The third kappa shape index (κ3) is 4.16. The minimum Gasteiger partial charge on any atom is -0.382 e. The highest BCUT2D eigenvalue weighted by molar-refractivity contribution is 6.04. The van der Waals surface area contributed by atoms with Gasteiger partial charge >= 0.3 is 0 Å². The van der Waals surface area contributed by atoms with E-state index in [1.807, 2.05) is 18.2 Å². The average Bonchev–Trinajstić information content (AvgIpc) is 2.61. The Hall–Kier alpha value is -3.41. The number of nitrogen functional groups attached to an aromatic ring is 1. The monoisotopic (exact) mass is 348 g/mol. The molecule has 0 atom stereocenters. The molecule has 3 rings (SSSR count). The van der Waals surface area contributed by atoms with Crippen LogP contribution in [0.4, 0.5) is 17.3 Å². The summed E-state index contributed by atoms with van der Waals surface area (Å²) in [6.07, 6.45) is -0.180. The summed E-state index contributed by atoms with van der Waals surface area (Å²) < 4.78 is 0. The van der Waals surface area contributed by atoms with E-state index in [-0.39, 0.29) is 18.0 Å². The van der Waals surface area contributed by atoms with Crippen LogP contribution < -0.4 is 16.4 Å². The minimum atomic E-state index is -0.400. The molecule has 1 amide bonds. The van der Waals surface area contributed by atoms with E-state index in [4.69, 9.17) is 5.73 Å². The fraction of sp³-hybridized carbons (Fsp3) is 0.150. The molecule has 6 heteroatoms. The van der Waals surface area contributed by atoms with Gasteiger partial charge in [-0.3, -0.25) is 9.59 Å². The zero-order chi connectivity index (χ0) is 18.5. The van der Waals surface area contributed by atoms with Crippen LogP contribution in [0.3, 0.4) is 0 Å². The van der Waals surface area contributed by atoms with Gasteiger partial charge in [0.2, 0.25) is 5.91 Å². The molecule has 0 fully saturated rings. The lowest BCUT2D eigenvalue weighted by molar-refractivity contribution is -0.124. The van der Waals surface area contributed by atoms with E-state index in [0.717, 1.165) is 5.56 Å². The number of pyridine rings is 1. The number of hydrogen-bond acceptors (Lipinski definition) is 5. The second kappa shape index (κ2) is 7.65. The van der Waals surface area contributed by atoms with Crippen molar-refractivity contribution >= 4 is 39.8 Å². The molecule has 0 unspecified atom stereocenters. The molecule has 0 aliphatic carbocycles. The van der Waals surface area contributed by atoms with E-state index < -0.39 is 5.91 Å². The topological polar surface area (TPSA) is 97.1 Å². The van der Waals surface area contributed by atoms with E-state index in [9.17, 15) is 9.59 Å². The van der Waals surface area contributed by atoms with Gasteiger partial charge in [-0.25, -0.2) is 4.98 Å². The van der Waals surface area contributed by atoms with Crippen LogP contribution in [-0.2, 0) is 16.1 Å². The predicted octanol–water partition coefficient (Wildman–Crippen LogP) is 3.35. The van der Waals surface area contributed by atoms with Crippen molar-refractivity contribution in [2.45, 2.75) is 19.9 Å². The zero-order valence-corrected chi connectivity index (χ0v) is 14.5. The Labute approximate surface area is 151 Å². The van der Waals surface area contributed by atoms with Gasteiger partial charge in [0.25, 0.3) is 0 Å². The van der Waals surface area contributed by atoms with Gasteiger partial charge in [0.1, 0.15) is 17.4 Å². The molecule has 0 saturated heterocycles. The molecule has 0 aliphatic heterocycles. The maximum Gasteiger partial charge on any atom is 0.231 e. The van der Waals surface area contributed by atoms with Crippen LogP contribution in [0.1, 0.15) is 18.9 Å². The third-order valence-corrected chi connectivity index (χ3v) is 3.95. The number of nitrogens with one attached hydrogen (secondary N) is 2. The SMILES string of the molecule is CC(=O)CC(=O)Nc1ccc(NCc2cccc3ccccc23)nc1N. The molecule has 6 nitrogen and oxygen atoms in total. The van der Waals surface area contributed by atoms with Gasteiger partial charge in [0, 0.05) is 6.54 Å². The summed E-state index contributed by atoms with van der Waals surface area (Å²) in [5, 5.41) is 8.21. The van der Waals surface area contributed by atoms with Crippen molar-refractivity contribution in [2.24, 2.45) is 0 Å². The van der Waals surface area contributed by atoms with Crippen molar-refractivity contribution in [3.8, 4) is 0 Å². The summed E-state index contributed by atoms with van der Waals surface area (Å²) in [6, 6.07) is 17.8. The standard InChI is InChI=1S/C20H20N4O2/c1-13(25)11-19(26)23-17-9-10-18(24-20(17)21)22-12-15-7-4-6-14-5-2-3-8-16(14)15/h2-10H,11-12H2,1H3,(H,23,26)(H3,21,22,24). The first-order valence-corrected chi connectivity index (χ1v) is 8.29. The first-order valence-electron chi connectivity index (χ1n) is 8.29. The van der Waals surface area contributed by atoms with Gasteiger partial charge in [-0.05, 0) is 35.4 Å². The molecule has 0 radical (unpaired) electrons. The van der Waals surface area contributed by atoms with Gasteiger partial charge in [0.05, 0.1) is 12.1 Å². The molecular weight excluding hydrogens is 328 g/mol. The van der Waals surface area contributed by atoms with Crippen molar-refractivity contribution in [1.29, 1.82) is 0 Å². The van der Waals surface area contributed by atoms with E-state index >= 15 is 0 Å². The first kappa shape index (κ1) is 17.4. The largest absolute Gasteiger partial charge is 0.382 e. The van der Waals surface area contributed by atoms with E-state index in [0.29, 0.717) is 18.1 Å². The molecular formula is C20H20N4O2. The number of benzene rings is 2. The maximum atomic E-state index is 11.7. The number of amides is 1. The Balaban J connectivity index is 1.70. The average molecular weight is 348 g/mol. The van der Waals surface area contributed by atoms with Crippen molar-refractivity contribution in [3.63, 3.8) is 0 Å². The van der Waals surface area contributed by atoms with Crippen LogP contribution in [0.5, 0.6) is 0 Å². The summed E-state index contributed by atoms with van der Waals surface area (Å²) in [6.45, 7) is 1.96. The van der Waals surface area contributed by atoms with Gasteiger partial charge in [-0.1, -0.05) is 42.5 Å². The summed E-state index contributed by atoms with van der Waals surface area (Å²) >= 11 is 0. The Morgan fingerprint density at radius 3 is 2.58 bits per heavy atom. The third-order valence-electron chi connectivity index (χ3n) is 3.95. The van der Waals surface area contributed by atoms with Crippen LogP contribution >= 0.6 is 0 Å². The molecule has 3 aromatic rings. The number of anilines is 3. The van der Waals surface area contributed by atoms with Crippen molar-refractivity contribution in [3.05, 3.63) is 60.2 Å². The highest BCUT2D eigenvalue weighted by atomic mass is 16.2. The lowest BCUT2D eigenvalue weighted by Crippen LogP contribution is -2.16. The Bertz CT molecular complexity index is 964. The van der Waals surface area contributed by atoms with Gasteiger partial charge in [-0.15, -0.1) is 0 Å². The van der Waals surface area contributed by atoms with Crippen LogP contribution in [0.15, 0.2) is 54.6 Å². The lowest BCUT2D eigenvalue weighted by Gasteiger charge is -2.11. The normalized spacial score (nSPS) is 10.5. The quantitative estimate of drug-likeness (QED) is 0.594. The number of nitrogens with two attached hydrogens (primary N) is 1. The van der Waals surface area contributed by atoms with Crippen LogP contribution in [-0.4, -0.2) is 16.7 Å². The van der Waals surface area contributed by atoms with Gasteiger partial charge < -0.3 is 16.4 Å². The number of nitrogens with zero attached hydrogens (tertiary/aromatic N) is 1. The Morgan fingerprint density at radius 2 is 1.81 bits per heavy atom. The van der Waals surface area contributed by atoms with Gasteiger partial charge in [0.15, 0.2) is 0 Å². The minimum absolute atomic E-state index is 0.180. The van der Waals surface area contributed by atoms with E-state index in [1.165, 1.54) is 17.7 Å². The number of fused-ring (bicyclic) bond motifs is 1. The molecule has 0 saturated carbocycles. The molecule has 0 bridgehead atoms. The first-order chi connectivity index (χ1) is 12.5. The van der Waals surface area contributed by atoms with Crippen molar-refractivity contribution < 1.29 is 9.59 Å². The fourth-order valence-electron chi connectivity index (χ4n) is 2.73. The van der Waals surface area contributed by atoms with Crippen LogP contribution in [0.2, 0.25) is 0 Å². The molecule has 1 heterocycles. The highest BCUT2D eigenvalue weighted by Gasteiger charge is 2.09. The van der Waals surface area contributed by atoms with E-state index in [2.05, 4.69) is 39.9 Å². The Kier molecular flexibility index (Phi) is 5.12. The van der Waals surface area contributed by atoms with Gasteiger partial charge in [-0.2, -0.15) is 0 Å². The van der Waals surface area contributed by atoms with Crippen LogP contribution in [0.25, 0.3) is 10.8 Å². The number of ketones is 1. The Morgan fingerprint density at radius 1 is 1.04 bits per heavy atom. The summed E-state index contributed by atoms with van der Waals surface area (Å²) in [7, 11) is 0. The molecule has 1 aromatic heterocycles. The molecule has 2 aromatic carbocycles. The maximum absolute atomic E-state index is 11.7. The smallest absolute Gasteiger partial charge is 0.231 e. The lowest BCUT2D eigenvalue weighted by atomic mass is 10.0. The summed E-state index contributed by atoms with van der Waals surface area (Å²) in [5.41, 5.74) is 7.46. The molecule has 4 N–H and O–H groups in total. The number of Topliss-reactive ketones (excluding diaryl/α,β-unsaturated/α-hetero) is 1. The number of carbonyl (C=O) groups is 2. The van der Waals surface area contributed by atoms with Crippen molar-refractivity contribution in [1.82, 2.24) is 4.98 Å².